The molecule has 2 nitrogen and oxygen atoms in total. The van der Waals surface area contributed by atoms with Crippen molar-refractivity contribution >= 4 is 28.3 Å². The number of imidazole rings is 1. The summed E-state index contributed by atoms with van der Waals surface area (Å²) in [5, 5.41) is 0.724. The first-order chi connectivity index (χ1) is 8.75. The Morgan fingerprint density at radius 3 is 2.56 bits per heavy atom. The van der Waals surface area contributed by atoms with Gasteiger partial charge in [-0.15, -0.1) is 0 Å². The quantitative estimate of drug-likeness (QED) is 0.670. The first-order valence-electron chi connectivity index (χ1n) is 5.63. The topological polar surface area (TPSA) is 17.8 Å². The number of hydrogen-bond acceptors (Lipinski definition) is 1. The van der Waals surface area contributed by atoms with E-state index in [2.05, 4.69) is 11.6 Å². The van der Waals surface area contributed by atoms with Crippen molar-refractivity contribution in [3.63, 3.8) is 0 Å². The van der Waals surface area contributed by atoms with Crippen LogP contribution in [-0.4, -0.2) is 9.55 Å². The van der Waals surface area contributed by atoms with Crippen LogP contribution < -0.4 is 0 Å². The van der Waals surface area contributed by atoms with E-state index in [4.69, 9.17) is 11.6 Å². The molecule has 0 saturated carbocycles. The highest BCUT2D eigenvalue weighted by Crippen LogP contribution is 2.22. The highest BCUT2D eigenvalue weighted by molar-refractivity contribution is 6.30. The highest BCUT2D eigenvalue weighted by atomic mass is 35.5. The number of nitrogens with zero attached hydrogens (tertiary/aromatic N) is 2. The molecule has 0 fully saturated rings. The van der Waals surface area contributed by atoms with E-state index in [0.717, 1.165) is 27.3 Å². The zero-order chi connectivity index (χ0) is 12.5. The molecule has 0 aliphatic carbocycles. The van der Waals surface area contributed by atoms with Gasteiger partial charge < -0.3 is 0 Å². The van der Waals surface area contributed by atoms with Gasteiger partial charge in [0.2, 0.25) is 0 Å². The zero-order valence-electron chi connectivity index (χ0n) is 9.68. The monoisotopic (exact) mass is 254 g/mol. The molecular weight excluding hydrogens is 244 g/mol. The van der Waals surface area contributed by atoms with Gasteiger partial charge in [0.25, 0.3) is 0 Å². The van der Waals surface area contributed by atoms with Crippen LogP contribution in [0, 0.1) is 0 Å². The molecule has 0 aliphatic heterocycles. The minimum atomic E-state index is 0.724. The summed E-state index contributed by atoms with van der Waals surface area (Å²) in [4.78, 5) is 4.36. The van der Waals surface area contributed by atoms with Crippen LogP contribution in [0.5, 0.6) is 0 Å². The third-order valence-electron chi connectivity index (χ3n) is 2.92. The summed E-state index contributed by atoms with van der Waals surface area (Å²) in [5.74, 6) is 0. The summed E-state index contributed by atoms with van der Waals surface area (Å²) in [5.41, 5.74) is 3.94. The minimum absolute atomic E-state index is 0.724. The molecule has 3 aromatic rings. The van der Waals surface area contributed by atoms with Crippen LogP contribution >= 0.6 is 11.6 Å². The van der Waals surface area contributed by atoms with Crippen molar-refractivity contribution in [3.05, 3.63) is 72.0 Å². The molecule has 0 amide bonds. The van der Waals surface area contributed by atoms with Crippen molar-refractivity contribution in [2.24, 2.45) is 0 Å². The first kappa shape index (κ1) is 11.1. The van der Waals surface area contributed by atoms with Gasteiger partial charge in [-0.25, -0.2) is 4.98 Å². The predicted octanol–water partition coefficient (Wildman–Crippen LogP) is 4.21. The highest BCUT2D eigenvalue weighted by Gasteiger charge is 2.06. The second-order valence-corrected chi connectivity index (χ2v) is 4.49. The fourth-order valence-corrected chi connectivity index (χ4v) is 2.08. The van der Waals surface area contributed by atoms with E-state index in [9.17, 15) is 0 Å². The Kier molecular flexibility index (Phi) is 2.65. The van der Waals surface area contributed by atoms with E-state index < -0.39 is 0 Å². The Bertz CT molecular complexity index is 711. The van der Waals surface area contributed by atoms with E-state index in [1.54, 1.807) is 6.33 Å². The second-order valence-electron chi connectivity index (χ2n) is 4.06. The van der Waals surface area contributed by atoms with Gasteiger partial charge in [0.15, 0.2) is 0 Å². The van der Waals surface area contributed by atoms with Gasteiger partial charge in [-0.3, -0.25) is 4.57 Å². The van der Waals surface area contributed by atoms with Crippen molar-refractivity contribution in [2.45, 2.75) is 0 Å². The molecule has 2 aromatic carbocycles. The van der Waals surface area contributed by atoms with E-state index in [0.29, 0.717) is 0 Å². The van der Waals surface area contributed by atoms with Gasteiger partial charge in [0.1, 0.15) is 6.33 Å². The second kappa shape index (κ2) is 4.31. The molecule has 88 valence electrons. The smallest absolute Gasteiger partial charge is 0.100 e. The Morgan fingerprint density at radius 1 is 1.06 bits per heavy atom. The van der Waals surface area contributed by atoms with Gasteiger partial charge in [0.05, 0.1) is 11.0 Å². The molecular formula is C15H11ClN2. The molecule has 1 aromatic heterocycles. The third kappa shape index (κ3) is 1.81. The molecule has 0 aliphatic rings. The summed E-state index contributed by atoms with van der Waals surface area (Å²) < 4.78 is 1.98. The molecule has 0 unspecified atom stereocenters. The van der Waals surface area contributed by atoms with Crippen molar-refractivity contribution < 1.29 is 0 Å². The molecule has 0 saturated heterocycles. The lowest BCUT2D eigenvalue weighted by Gasteiger charge is -2.08. The van der Waals surface area contributed by atoms with Crippen LogP contribution in [0.2, 0.25) is 5.02 Å². The largest absolute Gasteiger partial charge is 0.299 e. The molecule has 3 rings (SSSR count). The van der Waals surface area contributed by atoms with Crippen LogP contribution in [0.15, 0.2) is 61.4 Å². The summed E-state index contributed by atoms with van der Waals surface area (Å²) in [6.07, 6.45) is 1.79. The fraction of sp³-hybridized carbons (Fsp3) is 0. The normalized spacial score (nSPS) is 10.7. The summed E-state index contributed by atoms with van der Waals surface area (Å²) in [7, 11) is 0. The van der Waals surface area contributed by atoms with Crippen LogP contribution in [0.1, 0.15) is 5.56 Å². The van der Waals surface area contributed by atoms with Gasteiger partial charge in [0, 0.05) is 10.7 Å². The number of halogens is 1. The molecule has 3 heteroatoms. The lowest BCUT2D eigenvalue weighted by molar-refractivity contribution is 1.13. The molecule has 1 heterocycles. The van der Waals surface area contributed by atoms with Crippen molar-refractivity contribution in [2.75, 3.05) is 0 Å². The Morgan fingerprint density at radius 2 is 1.78 bits per heavy atom. The van der Waals surface area contributed by atoms with E-state index in [1.807, 2.05) is 53.1 Å². The van der Waals surface area contributed by atoms with Crippen molar-refractivity contribution in [1.82, 2.24) is 9.55 Å². The number of para-hydroxylation sites is 2. The third-order valence-corrected chi connectivity index (χ3v) is 3.17. The zero-order valence-corrected chi connectivity index (χ0v) is 10.4. The Labute approximate surface area is 110 Å². The molecule has 0 atom stereocenters. The van der Waals surface area contributed by atoms with Gasteiger partial charge in [-0.05, 0) is 29.8 Å². The fourth-order valence-electron chi connectivity index (χ4n) is 1.96. The minimum Gasteiger partial charge on any atom is -0.299 e. The van der Waals surface area contributed by atoms with Crippen LogP contribution in [0.3, 0.4) is 0 Å². The van der Waals surface area contributed by atoms with Crippen molar-refractivity contribution in [3.8, 4) is 0 Å². The SMILES string of the molecule is C=C(c1ccc(Cl)cc1)n1cnc2ccccc21. The van der Waals surface area contributed by atoms with E-state index >= 15 is 0 Å². The predicted molar refractivity (Wildman–Crippen MR) is 75.6 cm³/mol. The Hall–Kier alpha value is -2.06. The number of aromatic nitrogens is 2. The van der Waals surface area contributed by atoms with Crippen molar-refractivity contribution in [1.29, 1.82) is 0 Å². The first-order valence-corrected chi connectivity index (χ1v) is 6.01. The molecule has 0 radical (unpaired) electrons. The number of hydrogen-bond donors (Lipinski definition) is 0. The molecule has 0 bridgehead atoms. The van der Waals surface area contributed by atoms with Crippen LogP contribution in [-0.2, 0) is 0 Å². The van der Waals surface area contributed by atoms with E-state index in [-0.39, 0.29) is 0 Å². The maximum absolute atomic E-state index is 5.89. The Balaban J connectivity index is 2.09. The number of fused-ring (bicyclic) bond motifs is 1. The van der Waals surface area contributed by atoms with Crippen LogP contribution in [0.25, 0.3) is 16.7 Å². The average molecular weight is 255 g/mol. The number of rotatable bonds is 2. The average Bonchev–Trinajstić information content (AvgIpc) is 2.82. The maximum atomic E-state index is 5.89. The summed E-state index contributed by atoms with van der Waals surface area (Å²) >= 11 is 5.89. The summed E-state index contributed by atoms with van der Waals surface area (Å²) in [6, 6.07) is 15.6. The van der Waals surface area contributed by atoms with E-state index in [1.165, 1.54) is 0 Å². The van der Waals surface area contributed by atoms with Gasteiger partial charge >= 0.3 is 0 Å². The van der Waals surface area contributed by atoms with Gasteiger partial charge in [-0.1, -0.05) is 42.4 Å². The van der Waals surface area contributed by atoms with Crippen LogP contribution in [0.4, 0.5) is 0 Å². The lowest BCUT2D eigenvalue weighted by Crippen LogP contribution is -1.95. The maximum Gasteiger partial charge on any atom is 0.100 e. The lowest BCUT2D eigenvalue weighted by atomic mass is 10.1. The number of benzene rings is 2. The molecule has 0 spiro atoms. The molecule has 0 N–H and O–H groups in total. The van der Waals surface area contributed by atoms with Gasteiger partial charge in [-0.2, -0.15) is 0 Å². The summed E-state index contributed by atoms with van der Waals surface area (Å²) in [6.45, 7) is 4.13. The standard InChI is InChI=1S/C15H11ClN2/c1-11(12-6-8-13(16)9-7-12)18-10-17-14-4-2-3-5-15(14)18/h2-10H,1H2. The molecule has 18 heavy (non-hydrogen) atoms.